The minimum absolute atomic E-state index is 0.452. The Hall–Kier alpha value is -0.550. The molecule has 1 heterocycles. The Labute approximate surface area is 69.5 Å². The van der Waals surface area contributed by atoms with E-state index in [1.54, 1.807) is 11.8 Å². The van der Waals surface area contributed by atoms with E-state index in [1.807, 2.05) is 0 Å². The van der Waals surface area contributed by atoms with Crippen molar-refractivity contribution < 1.29 is 4.52 Å². The Kier molecular flexibility index (Phi) is 3.38. The summed E-state index contributed by atoms with van der Waals surface area (Å²) < 4.78 is 4.57. The Morgan fingerprint density at radius 1 is 1.82 bits per heavy atom. The second-order valence-electron chi connectivity index (χ2n) is 2.20. The molecule has 1 rings (SSSR count). The lowest BCUT2D eigenvalue weighted by Crippen LogP contribution is -2.12. The molecule has 4 nitrogen and oxygen atoms in total. The van der Waals surface area contributed by atoms with Gasteiger partial charge in [-0.2, -0.15) is 4.98 Å². The van der Waals surface area contributed by atoms with Crippen molar-refractivity contribution in [2.75, 3.05) is 6.54 Å². The topological polar surface area (TPSA) is 64.9 Å². The van der Waals surface area contributed by atoms with Crippen molar-refractivity contribution in [2.24, 2.45) is 5.73 Å². The van der Waals surface area contributed by atoms with Gasteiger partial charge in [0.05, 0.1) is 5.75 Å². The van der Waals surface area contributed by atoms with Gasteiger partial charge in [-0.05, 0) is 0 Å². The van der Waals surface area contributed by atoms with Gasteiger partial charge in [0.15, 0.2) is 5.82 Å². The minimum Gasteiger partial charge on any atom is -0.343 e. The fourth-order valence-corrected chi connectivity index (χ4v) is 1.24. The summed E-state index contributed by atoms with van der Waals surface area (Å²) in [4.78, 5) is 3.88. The van der Waals surface area contributed by atoms with Crippen LogP contribution in [0.2, 0.25) is 0 Å². The summed E-state index contributed by atoms with van der Waals surface area (Å²) in [6.07, 6.45) is 1.34. The van der Waals surface area contributed by atoms with Crippen molar-refractivity contribution in [2.45, 2.75) is 17.9 Å². The molecule has 0 aliphatic carbocycles. The highest BCUT2D eigenvalue weighted by Crippen LogP contribution is 2.13. The lowest BCUT2D eigenvalue weighted by molar-refractivity contribution is 0.412. The van der Waals surface area contributed by atoms with E-state index in [0.29, 0.717) is 11.8 Å². The normalized spacial score (nSPS) is 13.3. The van der Waals surface area contributed by atoms with E-state index in [4.69, 9.17) is 5.73 Å². The van der Waals surface area contributed by atoms with Crippen LogP contribution in [0.3, 0.4) is 0 Å². The van der Waals surface area contributed by atoms with Crippen LogP contribution in [0.15, 0.2) is 10.9 Å². The number of hydrogen-bond acceptors (Lipinski definition) is 5. The Morgan fingerprint density at radius 3 is 3.18 bits per heavy atom. The van der Waals surface area contributed by atoms with Crippen LogP contribution >= 0.6 is 11.8 Å². The molecule has 0 bridgehead atoms. The third kappa shape index (κ3) is 2.90. The predicted molar refractivity (Wildman–Crippen MR) is 44.1 cm³/mol. The van der Waals surface area contributed by atoms with Crippen molar-refractivity contribution >= 4 is 11.8 Å². The molecule has 0 fully saturated rings. The van der Waals surface area contributed by atoms with E-state index in [1.165, 1.54) is 6.39 Å². The zero-order valence-corrected chi connectivity index (χ0v) is 7.17. The molecule has 1 atom stereocenters. The van der Waals surface area contributed by atoms with Gasteiger partial charge < -0.3 is 10.3 Å². The molecule has 11 heavy (non-hydrogen) atoms. The first-order valence-corrected chi connectivity index (χ1v) is 4.44. The van der Waals surface area contributed by atoms with E-state index in [2.05, 4.69) is 21.6 Å². The highest BCUT2D eigenvalue weighted by atomic mass is 32.2. The van der Waals surface area contributed by atoms with Crippen LogP contribution in [0.1, 0.15) is 12.7 Å². The summed E-state index contributed by atoms with van der Waals surface area (Å²) in [6.45, 7) is 2.76. The molecule has 0 amide bonds. The van der Waals surface area contributed by atoms with Gasteiger partial charge in [0.1, 0.15) is 0 Å². The maximum Gasteiger partial charge on any atom is 0.213 e. The van der Waals surface area contributed by atoms with Crippen LogP contribution in [-0.4, -0.2) is 21.9 Å². The van der Waals surface area contributed by atoms with Crippen LogP contribution in [0.5, 0.6) is 0 Å². The lowest BCUT2D eigenvalue weighted by atomic mass is 10.5. The number of nitrogens with zero attached hydrogens (tertiary/aromatic N) is 2. The largest absolute Gasteiger partial charge is 0.343 e. The maximum atomic E-state index is 5.43. The van der Waals surface area contributed by atoms with Crippen LogP contribution < -0.4 is 5.73 Å². The fourth-order valence-electron chi connectivity index (χ4n) is 0.541. The number of aromatic nitrogens is 2. The first-order chi connectivity index (χ1) is 5.33. The molecule has 1 aromatic rings. The van der Waals surface area contributed by atoms with Crippen molar-refractivity contribution in [1.29, 1.82) is 0 Å². The second-order valence-corrected chi connectivity index (χ2v) is 3.63. The molecule has 0 radical (unpaired) electrons. The predicted octanol–water partition coefficient (Wildman–Crippen LogP) is 0.650. The highest BCUT2D eigenvalue weighted by Gasteiger charge is 2.02. The smallest absolute Gasteiger partial charge is 0.213 e. The van der Waals surface area contributed by atoms with Crippen LogP contribution in [0, 0.1) is 0 Å². The fraction of sp³-hybridized carbons (Fsp3) is 0.667. The SMILES string of the molecule is CC(CN)SCc1ncon1. The molecular formula is C6H11N3OS. The third-order valence-corrected chi connectivity index (χ3v) is 2.42. The van der Waals surface area contributed by atoms with Crippen LogP contribution in [-0.2, 0) is 5.75 Å². The average molecular weight is 173 g/mol. The summed E-state index contributed by atoms with van der Waals surface area (Å²) in [5.41, 5.74) is 5.43. The molecule has 0 aliphatic rings. The van der Waals surface area contributed by atoms with Gasteiger partial charge in [0.2, 0.25) is 6.39 Å². The second kappa shape index (κ2) is 4.35. The molecule has 0 spiro atoms. The Bertz CT molecular complexity index is 190. The Balaban J connectivity index is 2.23. The van der Waals surface area contributed by atoms with Crippen molar-refractivity contribution in [3.63, 3.8) is 0 Å². The third-order valence-electron chi connectivity index (χ3n) is 1.24. The van der Waals surface area contributed by atoms with E-state index in [0.717, 1.165) is 11.6 Å². The molecule has 2 N–H and O–H groups in total. The molecule has 0 saturated heterocycles. The van der Waals surface area contributed by atoms with Crippen molar-refractivity contribution in [3.8, 4) is 0 Å². The summed E-state index contributed by atoms with van der Waals surface area (Å²) in [5.74, 6) is 1.50. The zero-order valence-electron chi connectivity index (χ0n) is 6.36. The minimum atomic E-state index is 0.452. The van der Waals surface area contributed by atoms with Crippen molar-refractivity contribution in [1.82, 2.24) is 10.1 Å². The quantitative estimate of drug-likeness (QED) is 0.724. The maximum absolute atomic E-state index is 5.43. The van der Waals surface area contributed by atoms with Gasteiger partial charge in [0, 0.05) is 11.8 Å². The molecule has 1 aromatic heterocycles. The molecule has 1 unspecified atom stereocenters. The number of rotatable bonds is 4. The van der Waals surface area contributed by atoms with Gasteiger partial charge in [-0.25, -0.2) is 0 Å². The van der Waals surface area contributed by atoms with E-state index >= 15 is 0 Å². The van der Waals surface area contributed by atoms with Gasteiger partial charge >= 0.3 is 0 Å². The summed E-state index contributed by atoms with van der Waals surface area (Å²) >= 11 is 1.72. The first-order valence-electron chi connectivity index (χ1n) is 3.40. The summed E-state index contributed by atoms with van der Waals surface area (Å²) in [6, 6.07) is 0. The monoisotopic (exact) mass is 173 g/mol. The van der Waals surface area contributed by atoms with Gasteiger partial charge in [-0.1, -0.05) is 12.1 Å². The Morgan fingerprint density at radius 2 is 2.64 bits per heavy atom. The molecule has 0 saturated carbocycles. The number of thioether (sulfide) groups is 1. The number of hydrogen-bond donors (Lipinski definition) is 1. The molecule has 5 heteroatoms. The molecular weight excluding hydrogens is 162 g/mol. The van der Waals surface area contributed by atoms with E-state index < -0.39 is 0 Å². The first kappa shape index (κ1) is 8.55. The standard InChI is InChI=1S/C6H11N3OS/c1-5(2-7)11-3-6-8-4-10-9-6/h4-5H,2-3,7H2,1H3. The van der Waals surface area contributed by atoms with Crippen molar-refractivity contribution in [3.05, 3.63) is 12.2 Å². The molecule has 62 valence electrons. The molecule has 0 aliphatic heterocycles. The van der Waals surface area contributed by atoms with Gasteiger partial charge in [-0.3, -0.25) is 0 Å². The number of nitrogens with two attached hydrogens (primary N) is 1. The van der Waals surface area contributed by atoms with E-state index in [9.17, 15) is 0 Å². The van der Waals surface area contributed by atoms with Crippen LogP contribution in [0.4, 0.5) is 0 Å². The van der Waals surface area contributed by atoms with Gasteiger partial charge in [0.25, 0.3) is 0 Å². The average Bonchev–Trinajstić information content (AvgIpc) is 2.52. The summed E-state index contributed by atoms with van der Waals surface area (Å²) in [7, 11) is 0. The molecule has 0 aromatic carbocycles. The van der Waals surface area contributed by atoms with E-state index in [-0.39, 0.29) is 0 Å². The highest BCUT2D eigenvalue weighted by molar-refractivity contribution is 7.99. The summed E-state index contributed by atoms with van der Waals surface area (Å²) in [5, 5.41) is 4.13. The van der Waals surface area contributed by atoms with Gasteiger partial charge in [-0.15, -0.1) is 11.8 Å². The lowest BCUT2D eigenvalue weighted by Gasteiger charge is -2.03. The van der Waals surface area contributed by atoms with Crippen LogP contribution in [0.25, 0.3) is 0 Å². The zero-order chi connectivity index (χ0) is 8.10.